The highest BCUT2D eigenvalue weighted by Gasteiger charge is 2.42. The molecule has 1 unspecified atom stereocenters. The van der Waals surface area contributed by atoms with E-state index < -0.39 is 22.8 Å². The van der Waals surface area contributed by atoms with E-state index in [1.54, 1.807) is 24.9 Å². The van der Waals surface area contributed by atoms with Crippen LogP contribution in [-0.4, -0.2) is 30.2 Å². The lowest BCUT2D eigenvalue weighted by Crippen LogP contribution is -2.38. The number of ether oxygens (including phenoxy) is 1. The van der Waals surface area contributed by atoms with E-state index in [4.69, 9.17) is 4.74 Å². The van der Waals surface area contributed by atoms with Crippen molar-refractivity contribution in [3.8, 4) is 5.75 Å². The molecule has 0 aromatic heterocycles. The molecule has 0 fully saturated rings. The number of benzene rings is 2. The number of anilines is 2. The van der Waals surface area contributed by atoms with Crippen molar-refractivity contribution in [1.82, 2.24) is 0 Å². The number of rotatable bonds is 9. The SMILES string of the molecule is CCCCC1(CCCC)CN(c2ccc(F)c(F)c2)c2cc(SC)c(OC)cc2[S+]([O-])C1. The molecule has 1 aliphatic rings. The molecule has 0 spiro atoms. The summed E-state index contributed by atoms with van der Waals surface area (Å²) in [5, 5.41) is 0. The Bertz CT molecular complexity index is 917. The van der Waals surface area contributed by atoms with Gasteiger partial charge in [0.2, 0.25) is 0 Å². The summed E-state index contributed by atoms with van der Waals surface area (Å²) in [6, 6.07) is 7.88. The molecule has 0 radical (unpaired) electrons. The predicted octanol–water partition coefficient (Wildman–Crippen LogP) is 7.32. The molecule has 3 nitrogen and oxygen atoms in total. The predicted molar refractivity (Wildman–Crippen MR) is 131 cm³/mol. The van der Waals surface area contributed by atoms with Gasteiger partial charge in [0.05, 0.1) is 17.7 Å². The lowest BCUT2D eigenvalue weighted by Gasteiger charge is -2.36. The molecule has 176 valence electrons. The van der Waals surface area contributed by atoms with Gasteiger partial charge >= 0.3 is 0 Å². The van der Waals surface area contributed by atoms with Crippen molar-refractivity contribution < 1.29 is 18.1 Å². The molecule has 3 rings (SSSR count). The van der Waals surface area contributed by atoms with E-state index in [0.717, 1.165) is 49.1 Å². The van der Waals surface area contributed by atoms with Crippen LogP contribution in [0.2, 0.25) is 0 Å². The summed E-state index contributed by atoms with van der Waals surface area (Å²) in [6.45, 7) is 4.95. The summed E-state index contributed by atoms with van der Waals surface area (Å²) >= 11 is 0.313. The van der Waals surface area contributed by atoms with Gasteiger partial charge in [-0.3, -0.25) is 0 Å². The van der Waals surface area contributed by atoms with Crippen LogP contribution < -0.4 is 9.64 Å². The highest BCUT2D eigenvalue weighted by atomic mass is 32.2. The van der Waals surface area contributed by atoms with Crippen LogP contribution in [0.5, 0.6) is 5.75 Å². The van der Waals surface area contributed by atoms with Gasteiger partial charge in [-0.05, 0) is 48.5 Å². The maximum absolute atomic E-state index is 14.3. The third-order valence-electron chi connectivity index (χ3n) is 6.27. The molecule has 32 heavy (non-hydrogen) atoms. The molecule has 1 atom stereocenters. The summed E-state index contributed by atoms with van der Waals surface area (Å²) < 4.78 is 47.3. The number of unbranched alkanes of at least 4 members (excludes halogenated alkanes) is 2. The lowest BCUT2D eigenvalue weighted by atomic mass is 9.79. The van der Waals surface area contributed by atoms with Gasteiger partial charge < -0.3 is 14.2 Å². The summed E-state index contributed by atoms with van der Waals surface area (Å²) in [5.41, 5.74) is 1.20. The molecule has 1 aliphatic heterocycles. The van der Waals surface area contributed by atoms with Gasteiger partial charge in [-0.1, -0.05) is 39.5 Å². The molecular formula is C25H33F2NO2S2. The monoisotopic (exact) mass is 481 g/mol. The van der Waals surface area contributed by atoms with Gasteiger partial charge in [-0.2, -0.15) is 0 Å². The first-order valence-electron chi connectivity index (χ1n) is 11.2. The van der Waals surface area contributed by atoms with E-state index >= 15 is 0 Å². The van der Waals surface area contributed by atoms with E-state index in [1.807, 2.05) is 23.3 Å². The van der Waals surface area contributed by atoms with Crippen LogP contribution >= 0.6 is 11.8 Å². The highest BCUT2D eigenvalue weighted by Crippen LogP contribution is 2.47. The Morgan fingerprint density at radius 3 is 2.34 bits per heavy atom. The Balaban J connectivity index is 2.20. The van der Waals surface area contributed by atoms with Gasteiger partial charge in [0, 0.05) is 29.8 Å². The van der Waals surface area contributed by atoms with Gasteiger partial charge in [0.15, 0.2) is 16.5 Å². The van der Waals surface area contributed by atoms with Gasteiger partial charge in [-0.15, -0.1) is 11.8 Å². The Labute approximate surface area is 198 Å². The minimum Gasteiger partial charge on any atom is -0.611 e. The van der Waals surface area contributed by atoms with Crippen molar-refractivity contribution in [2.45, 2.75) is 62.2 Å². The molecule has 0 aliphatic carbocycles. The maximum Gasteiger partial charge on any atom is 0.180 e. The summed E-state index contributed by atoms with van der Waals surface area (Å²) in [6.07, 6.45) is 8.08. The Kier molecular flexibility index (Phi) is 8.75. The second-order valence-corrected chi connectivity index (χ2v) is 10.8. The minimum absolute atomic E-state index is 0.173. The zero-order valence-corrected chi connectivity index (χ0v) is 21.0. The number of halogens is 2. The van der Waals surface area contributed by atoms with Crippen molar-refractivity contribution in [2.24, 2.45) is 5.41 Å². The molecule has 1 heterocycles. The average molecular weight is 482 g/mol. The van der Waals surface area contributed by atoms with Crippen LogP contribution in [0.3, 0.4) is 0 Å². The van der Waals surface area contributed by atoms with E-state index in [-0.39, 0.29) is 5.41 Å². The summed E-state index contributed by atoms with van der Waals surface area (Å²) in [5.74, 6) is -0.498. The third kappa shape index (κ3) is 5.37. The molecule has 0 amide bonds. The smallest absolute Gasteiger partial charge is 0.180 e. The van der Waals surface area contributed by atoms with E-state index in [9.17, 15) is 13.3 Å². The number of thioether (sulfide) groups is 1. The summed E-state index contributed by atoms with van der Waals surface area (Å²) in [4.78, 5) is 3.66. The molecule has 7 heteroatoms. The molecule has 0 N–H and O–H groups in total. The van der Waals surface area contributed by atoms with Crippen molar-refractivity contribution in [3.63, 3.8) is 0 Å². The Morgan fingerprint density at radius 1 is 1.09 bits per heavy atom. The van der Waals surface area contributed by atoms with Crippen LogP contribution in [0, 0.1) is 17.0 Å². The lowest BCUT2D eigenvalue weighted by molar-refractivity contribution is 0.270. The van der Waals surface area contributed by atoms with E-state index in [1.165, 1.54) is 12.1 Å². The fraction of sp³-hybridized carbons (Fsp3) is 0.520. The van der Waals surface area contributed by atoms with E-state index in [0.29, 0.717) is 28.6 Å². The van der Waals surface area contributed by atoms with Gasteiger partial charge in [-0.25, -0.2) is 8.78 Å². The van der Waals surface area contributed by atoms with Crippen molar-refractivity contribution in [2.75, 3.05) is 30.6 Å². The fourth-order valence-electron chi connectivity index (χ4n) is 4.48. The molecular weight excluding hydrogens is 448 g/mol. The van der Waals surface area contributed by atoms with Crippen LogP contribution in [0.4, 0.5) is 20.2 Å². The first kappa shape index (κ1) is 25.2. The molecule has 2 aromatic carbocycles. The Morgan fingerprint density at radius 2 is 1.78 bits per heavy atom. The van der Waals surface area contributed by atoms with Gasteiger partial charge in [0.1, 0.15) is 11.5 Å². The van der Waals surface area contributed by atoms with Crippen LogP contribution in [-0.2, 0) is 11.2 Å². The molecule has 0 bridgehead atoms. The topological polar surface area (TPSA) is 35.5 Å². The number of fused-ring (bicyclic) bond motifs is 1. The van der Waals surface area contributed by atoms with Crippen LogP contribution in [0.15, 0.2) is 40.1 Å². The first-order valence-corrected chi connectivity index (χ1v) is 13.8. The first-order chi connectivity index (χ1) is 15.4. The number of nitrogens with zero attached hydrogens (tertiary/aromatic N) is 1. The quantitative estimate of drug-likeness (QED) is 0.278. The number of hydrogen-bond acceptors (Lipinski definition) is 4. The zero-order chi connectivity index (χ0) is 23.3. The number of methoxy groups -OCH3 is 1. The van der Waals surface area contributed by atoms with Crippen molar-refractivity contribution >= 4 is 34.3 Å². The Hall–Kier alpha value is -1.44. The summed E-state index contributed by atoms with van der Waals surface area (Å²) in [7, 11) is 1.61. The van der Waals surface area contributed by atoms with Gasteiger partial charge in [0.25, 0.3) is 0 Å². The highest BCUT2D eigenvalue weighted by molar-refractivity contribution is 7.98. The molecule has 0 saturated carbocycles. The standard InChI is InChI=1S/C25H33F2NO2S2/c1-5-7-11-25(12-8-6-2)16-28(18-9-10-19(26)20(27)13-18)21-14-23(31-4)22(30-3)15-24(21)32(29)17-25/h9-10,13-15H,5-8,11-12,16-17H2,1-4H3. The maximum atomic E-state index is 14.3. The number of hydrogen-bond donors (Lipinski definition) is 0. The van der Waals surface area contributed by atoms with E-state index in [2.05, 4.69) is 13.8 Å². The third-order valence-corrected chi connectivity index (χ3v) is 8.72. The fourth-order valence-corrected chi connectivity index (χ4v) is 6.78. The minimum atomic E-state index is -1.23. The van der Waals surface area contributed by atoms with Crippen molar-refractivity contribution in [3.05, 3.63) is 42.0 Å². The molecule has 2 aromatic rings. The largest absolute Gasteiger partial charge is 0.611 e. The normalized spacial score (nSPS) is 17.7. The van der Waals surface area contributed by atoms with Crippen molar-refractivity contribution in [1.29, 1.82) is 0 Å². The second-order valence-electron chi connectivity index (χ2n) is 8.56. The second kappa shape index (κ2) is 11.1. The average Bonchev–Trinajstić information content (AvgIpc) is 2.91. The zero-order valence-electron chi connectivity index (χ0n) is 19.4. The van der Waals surface area contributed by atoms with Crippen LogP contribution in [0.25, 0.3) is 0 Å². The van der Waals surface area contributed by atoms with Crippen LogP contribution in [0.1, 0.15) is 52.4 Å². The molecule has 0 saturated heterocycles.